The van der Waals surface area contributed by atoms with E-state index in [0.29, 0.717) is 45.6 Å². The summed E-state index contributed by atoms with van der Waals surface area (Å²) in [6, 6.07) is 9.56. The van der Waals surface area contributed by atoms with Crippen LogP contribution in [0.5, 0.6) is 5.75 Å². The standard InChI is InChI=1S/C19H26N2O4S/c1-15(26-2)17(22)20-10-8-19(9-11-20)14-21(18(23)25-19)12-13-24-16-6-4-3-5-7-16/h3-7,15H,8-14H2,1-2H3/t15-/m1/s1. The van der Waals surface area contributed by atoms with Crippen molar-refractivity contribution in [2.45, 2.75) is 30.6 Å². The predicted octanol–water partition coefficient (Wildman–Crippen LogP) is 2.63. The lowest BCUT2D eigenvalue weighted by molar-refractivity contribution is -0.133. The molecule has 0 bridgehead atoms. The van der Waals surface area contributed by atoms with Crippen LogP contribution in [0.4, 0.5) is 4.79 Å². The zero-order valence-corrected chi connectivity index (χ0v) is 16.2. The van der Waals surface area contributed by atoms with Gasteiger partial charge < -0.3 is 19.3 Å². The van der Waals surface area contributed by atoms with Crippen LogP contribution in [0.2, 0.25) is 0 Å². The minimum atomic E-state index is -0.455. The number of piperidine rings is 1. The van der Waals surface area contributed by atoms with Gasteiger partial charge in [-0.05, 0) is 25.3 Å². The molecular weight excluding hydrogens is 352 g/mol. The van der Waals surface area contributed by atoms with Crippen LogP contribution >= 0.6 is 11.8 Å². The van der Waals surface area contributed by atoms with Crippen molar-refractivity contribution >= 4 is 23.8 Å². The summed E-state index contributed by atoms with van der Waals surface area (Å²) in [5.41, 5.74) is -0.455. The molecule has 6 nitrogen and oxygen atoms in total. The van der Waals surface area contributed by atoms with Crippen molar-refractivity contribution in [3.8, 4) is 5.75 Å². The van der Waals surface area contributed by atoms with Crippen LogP contribution in [0, 0.1) is 0 Å². The average molecular weight is 378 g/mol. The third kappa shape index (κ3) is 4.26. The highest BCUT2D eigenvalue weighted by atomic mass is 32.2. The number of hydrogen-bond donors (Lipinski definition) is 0. The Hall–Kier alpha value is -1.89. The number of carbonyl (C=O) groups is 2. The lowest BCUT2D eigenvalue weighted by Crippen LogP contribution is -2.50. The van der Waals surface area contributed by atoms with E-state index in [9.17, 15) is 9.59 Å². The van der Waals surface area contributed by atoms with Gasteiger partial charge in [-0.15, -0.1) is 0 Å². The Labute approximate surface area is 158 Å². The van der Waals surface area contributed by atoms with Gasteiger partial charge in [-0.3, -0.25) is 4.79 Å². The van der Waals surface area contributed by atoms with E-state index in [-0.39, 0.29) is 17.3 Å². The van der Waals surface area contributed by atoms with Crippen molar-refractivity contribution in [2.75, 3.05) is 39.0 Å². The number of thioether (sulfide) groups is 1. The summed E-state index contributed by atoms with van der Waals surface area (Å²) < 4.78 is 11.4. The summed E-state index contributed by atoms with van der Waals surface area (Å²) in [6.07, 6.45) is 3.06. The fraction of sp³-hybridized carbons (Fsp3) is 0.579. The number of amides is 2. The largest absolute Gasteiger partial charge is 0.492 e. The van der Waals surface area contributed by atoms with Gasteiger partial charge in [-0.2, -0.15) is 11.8 Å². The predicted molar refractivity (Wildman–Crippen MR) is 102 cm³/mol. The van der Waals surface area contributed by atoms with Gasteiger partial charge in [0, 0.05) is 25.9 Å². The summed E-state index contributed by atoms with van der Waals surface area (Å²) in [6.45, 7) is 4.73. The molecule has 0 aromatic heterocycles. The molecule has 0 radical (unpaired) electrons. The fourth-order valence-corrected chi connectivity index (χ4v) is 3.76. The molecule has 0 N–H and O–H groups in total. The smallest absolute Gasteiger partial charge is 0.410 e. The minimum absolute atomic E-state index is 0.0261. The first-order chi connectivity index (χ1) is 12.5. The monoisotopic (exact) mass is 378 g/mol. The Balaban J connectivity index is 1.48. The van der Waals surface area contributed by atoms with Gasteiger partial charge in [-0.25, -0.2) is 4.79 Å². The van der Waals surface area contributed by atoms with Gasteiger partial charge >= 0.3 is 6.09 Å². The molecule has 3 rings (SSSR count). The van der Waals surface area contributed by atoms with E-state index in [4.69, 9.17) is 9.47 Å². The van der Waals surface area contributed by atoms with Crippen molar-refractivity contribution < 1.29 is 19.1 Å². The van der Waals surface area contributed by atoms with Crippen LogP contribution in [0.3, 0.4) is 0 Å². The second kappa shape index (κ2) is 8.20. The Bertz CT molecular complexity index is 632. The zero-order valence-electron chi connectivity index (χ0n) is 15.3. The number of ether oxygens (including phenoxy) is 2. The molecule has 0 unspecified atom stereocenters. The van der Waals surface area contributed by atoms with E-state index in [1.165, 1.54) is 0 Å². The summed E-state index contributed by atoms with van der Waals surface area (Å²) in [7, 11) is 0. The lowest BCUT2D eigenvalue weighted by atomic mass is 9.91. The molecule has 2 fully saturated rings. The molecule has 1 atom stereocenters. The molecule has 7 heteroatoms. The normalized spacial score (nSPS) is 20.2. The number of rotatable bonds is 6. The highest BCUT2D eigenvalue weighted by molar-refractivity contribution is 7.99. The van der Waals surface area contributed by atoms with Gasteiger partial charge in [0.2, 0.25) is 5.91 Å². The number of likely N-dealkylation sites (tertiary alicyclic amines) is 1. The Morgan fingerprint density at radius 1 is 1.31 bits per heavy atom. The maximum atomic E-state index is 12.3. The number of hydrogen-bond acceptors (Lipinski definition) is 5. The SMILES string of the molecule is CS[C@H](C)C(=O)N1CCC2(CC1)CN(CCOc1ccccc1)C(=O)O2. The van der Waals surface area contributed by atoms with Crippen LogP contribution in [-0.4, -0.2) is 71.7 Å². The molecule has 26 heavy (non-hydrogen) atoms. The van der Waals surface area contributed by atoms with Crippen molar-refractivity contribution in [3.05, 3.63) is 30.3 Å². The molecular formula is C19H26N2O4S. The van der Waals surface area contributed by atoms with Crippen LogP contribution < -0.4 is 4.74 Å². The van der Waals surface area contributed by atoms with Crippen LogP contribution in [0.25, 0.3) is 0 Å². The molecule has 2 aliphatic heterocycles. The number of carbonyl (C=O) groups excluding carboxylic acids is 2. The van der Waals surface area contributed by atoms with Crippen molar-refractivity contribution in [1.29, 1.82) is 0 Å². The van der Waals surface area contributed by atoms with Crippen LogP contribution in [0.15, 0.2) is 30.3 Å². The van der Waals surface area contributed by atoms with Crippen molar-refractivity contribution in [1.82, 2.24) is 9.80 Å². The van der Waals surface area contributed by atoms with Gasteiger partial charge in [-0.1, -0.05) is 18.2 Å². The first-order valence-electron chi connectivity index (χ1n) is 9.00. The second-order valence-electron chi connectivity index (χ2n) is 6.84. The maximum absolute atomic E-state index is 12.3. The summed E-state index contributed by atoms with van der Waals surface area (Å²) in [5, 5.41) is -0.0261. The third-order valence-corrected chi connectivity index (χ3v) is 6.01. The molecule has 0 saturated carbocycles. The Kier molecular flexibility index (Phi) is 5.96. The van der Waals surface area contributed by atoms with E-state index in [1.54, 1.807) is 16.7 Å². The molecule has 2 amide bonds. The van der Waals surface area contributed by atoms with E-state index in [0.717, 1.165) is 5.75 Å². The molecule has 2 saturated heterocycles. The quantitative estimate of drug-likeness (QED) is 0.762. The molecule has 142 valence electrons. The molecule has 2 heterocycles. The van der Waals surface area contributed by atoms with Crippen molar-refractivity contribution in [3.63, 3.8) is 0 Å². The van der Waals surface area contributed by atoms with Crippen LogP contribution in [-0.2, 0) is 9.53 Å². The molecule has 0 aliphatic carbocycles. The lowest BCUT2D eigenvalue weighted by Gasteiger charge is -2.38. The van der Waals surface area contributed by atoms with Crippen molar-refractivity contribution in [2.24, 2.45) is 0 Å². The maximum Gasteiger partial charge on any atom is 0.410 e. The summed E-state index contributed by atoms with van der Waals surface area (Å²) >= 11 is 1.56. The van der Waals surface area contributed by atoms with Gasteiger partial charge in [0.15, 0.2) is 0 Å². The van der Waals surface area contributed by atoms with Gasteiger partial charge in [0.1, 0.15) is 18.0 Å². The summed E-state index contributed by atoms with van der Waals surface area (Å²) in [5.74, 6) is 0.967. The van der Waals surface area contributed by atoms with Crippen LogP contribution in [0.1, 0.15) is 19.8 Å². The number of nitrogens with zero attached hydrogens (tertiary/aromatic N) is 2. The number of para-hydroxylation sites is 1. The Morgan fingerprint density at radius 2 is 2.00 bits per heavy atom. The fourth-order valence-electron chi connectivity index (χ4n) is 3.41. The van der Waals surface area contributed by atoms with E-state index in [2.05, 4.69) is 0 Å². The summed E-state index contributed by atoms with van der Waals surface area (Å²) in [4.78, 5) is 28.1. The molecule has 1 aromatic rings. The average Bonchev–Trinajstić information content (AvgIpc) is 2.97. The first kappa shape index (κ1) is 18.9. The topological polar surface area (TPSA) is 59.1 Å². The highest BCUT2D eigenvalue weighted by Crippen LogP contribution is 2.33. The van der Waals surface area contributed by atoms with E-state index in [1.807, 2.05) is 48.4 Å². The second-order valence-corrected chi connectivity index (χ2v) is 8.02. The first-order valence-corrected chi connectivity index (χ1v) is 10.3. The minimum Gasteiger partial charge on any atom is -0.492 e. The molecule has 2 aliphatic rings. The Morgan fingerprint density at radius 3 is 2.65 bits per heavy atom. The van der Waals surface area contributed by atoms with E-state index < -0.39 is 5.60 Å². The van der Waals surface area contributed by atoms with Gasteiger partial charge in [0.05, 0.1) is 18.3 Å². The van der Waals surface area contributed by atoms with E-state index >= 15 is 0 Å². The molecule has 1 spiro atoms. The molecule has 1 aromatic carbocycles. The zero-order chi connectivity index (χ0) is 18.6. The highest BCUT2D eigenvalue weighted by Gasteiger charge is 2.47. The van der Waals surface area contributed by atoms with Gasteiger partial charge in [0.25, 0.3) is 0 Å². The number of benzene rings is 1. The third-order valence-electron chi connectivity index (χ3n) is 5.10.